The molecule has 2 heterocycles. The van der Waals surface area contributed by atoms with Gasteiger partial charge in [-0.25, -0.2) is 0 Å². The molecule has 0 radical (unpaired) electrons. The number of hydrogen-bond acceptors (Lipinski definition) is 5. The van der Waals surface area contributed by atoms with Crippen molar-refractivity contribution in [1.82, 2.24) is 0 Å². The van der Waals surface area contributed by atoms with Gasteiger partial charge in [-0.05, 0) is 42.2 Å². The molecule has 2 rings (SSSR count). The lowest BCUT2D eigenvalue weighted by molar-refractivity contribution is 0.427. The van der Waals surface area contributed by atoms with Gasteiger partial charge in [0.05, 0.1) is 16.9 Å². The van der Waals surface area contributed by atoms with Gasteiger partial charge in [0.25, 0.3) is 0 Å². The van der Waals surface area contributed by atoms with Crippen molar-refractivity contribution in [2.24, 2.45) is 0 Å². The summed E-state index contributed by atoms with van der Waals surface area (Å²) in [7, 11) is 1.63. The van der Waals surface area contributed by atoms with E-state index in [9.17, 15) is 0 Å². The van der Waals surface area contributed by atoms with Gasteiger partial charge in [0, 0.05) is 4.88 Å². The van der Waals surface area contributed by atoms with E-state index in [0.717, 1.165) is 19.7 Å². The van der Waals surface area contributed by atoms with Crippen LogP contribution >= 0.6 is 22.7 Å². The standard InChI is InChI=1S/C15H8N2OS2/c1-18-15-7-6-13(20-15)3-2-12-4-5-14(19-12)8-11(9-16)10-17/h4-8H,1H3. The molecule has 5 heteroatoms. The second kappa shape index (κ2) is 6.59. The number of nitriles is 2. The van der Waals surface area contributed by atoms with Crippen LogP contribution in [0.5, 0.6) is 5.06 Å². The van der Waals surface area contributed by atoms with E-state index in [1.807, 2.05) is 36.4 Å². The summed E-state index contributed by atoms with van der Waals surface area (Å²) in [4.78, 5) is 2.66. The first kappa shape index (κ1) is 13.9. The van der Waals surface area contributed by atoms with Gasteiger partial charge in [-0.2, -0.15) is 10.5 Å². The molecule has 0 bridgehead atoms. The lowest BCUT2D eigenvalue weighted by atomic mass is 10.3. The molecule has 20 heavy (non-hydrogen) atoms. The Morgan fingerprint density at radius 1 is 1.05 bits per heavy atom. The first-order valence-electron chi connectivity index (χ1n) is 5.52. The second-order valence-corrected chi connectivity index (χ2v) is 5.72. The van der Waals surface area contributed by atoms with Crippen molar-refractivity contribution in [3.63, 3.8) is 0 Å². The minimum absolute atomic E-state index is 0.0920. The van der Waals surface area contributed by atoms with Crippen LogP contribution < -0.4 is 4.74 Å². The Labute approximate surface area is 125 Å². The van der Waals surface area contributed by atoms with Gasteiger partial charge in [0.15, 0.2) is 5.06 Å². The smallest absolute Gasteiger partial charge is 0.174 e. The quantitative estimate of drug-likeness (QED) is 0.628. The fraction of sp³-hybridized carbons (Fsp3) is 0.0667. The highest BCUT2D eigenvalue weighted by molar-refractivity contribution is 7.14. The highest BCUT2D eigenvalue weighted by Gasteiger charge is 1.99. The summed E-state index contributed by atoms with van der Waals surface area (Å²) in [5, 5.41) is 18.2. The highest BCUT2D eigenvalue weighted by atomic mass is 32.1. The molecule has 2 aromatic rings. The van der Waals surface area contributed by atoms with E-state index in [1.54, 1.807) is 13.2 Å². The van der Waals surface area contributed by atoms with E-state index >= 15 is 0 Å². The average Bonchev–Trinajstić information content (AvgIpc) is 3.11. The Morgan fingerprint density at radius 3 is 2.30 bits per heavy atom. The van der Waals surface area contributed by atoms with E-state index in [4.69, 9.17) is 15.3 Å². The number of allylic oxidation sites excluding steroid dienone is 1. The minimum Gasteiger partial charge on any atom is -0.487 e. The van der Waals surface area contributed by atoms with Gasteiger partial charge >= 0.3 is 0 Å². The molecule has 0 saturated heterocycles. The predicted octanol–water partition coefficient (Wildman–Crippen LogP) is 3.65. The van der Waals surface area contributed by atoms with Crippen LogP contribution in [0, 0.1) is 34.5 Å². The van der Waals surface area contributed by atoms with Crippen molar-refractivity contribution in [3.8, 4) is 29.0 Å². The van der Waals surface area contributed by atoms with Gasteiger partial charge in [-0.3, -0.25) is 0 Å². The Morgan fingerprint density at radius 2 is 1.70 bits per heavy atom. The summed E-state index contributed by atoms with van der Waals surface area (Å²) >= 11 is 2.93. The summed E-state index contributed by atoms with van der Waals surface area (Å²) in [6.07, 6.45) is 1.56. The molecule has 2 aromatic heterocycles. The topological polar surface area (TPSA) is 56.8 Å². The van der Waals surface area contributed by atoms with Crippen molar-refractivity contribution < 1.29 is 4.74 Å². The molecule has 0 aliphatic carbocycles. The molecule has 0 fully saturated rings. The number of nitrogens with zero attached hydrogens (tertiary/aromatic N) is 2. The fourth-order valence-corrected chi connectivity index (χ4v) is 2.83. The monoisotopic (exact) mass is 296 g/mol. The zero-order chi connectivity index (χ0) is 14.4. The van der Waals surface area contributed by atoms with Crippen LogP contribution in [0.1, 0.15) is 14.6 Å². The van der Waals surface area contributed by atoms with Gasteiger partial charge in [-0.15, -0.1) is 11.3 Å². The van der Waals surface area contributed by atoms with Gasteiger partial charge in [0.2, 0.25) is 0 Å². The molecule has 0 spiro atoms. The van der Waals surface area contributed by atoms with Crippen LogP contribution in [-0.2, 0) is 0 Å². The lowest BCUT2D eigenvalue weighted by Crippen LogP contribution is -1.73. The summed E-state index contributed by atoms with van der Waals surface area (Å²) in [6, 6.07) is 11.2. The van der Waals surface area contributed by atoms with Crippen LogP contribution in [-0.4, -0.2) is 7.11 Å². The molecule has 0 aliphatic rings. The normalized spacial score (nSPS) is 8.75. The van der Waals surface area contributed by atoms with E-state index in [0.29, 0.717) is 0 Å². The average molecular weight is 296 g/mol. The largest absolute Gasteiger partial charge is 0.487 e. The number of hydrogen-bond donors (Lipinski definition) is 0. The Bertz CT molecular complexity index is 772. The van der Waals surface area contributed by atoms with Gasteiger partial charge in [0.1, 0.15) is 17.7 Å². The molecule has 96 valence electrons. The van der Waals surface area contributed by atoms with Crippen molar-refractivity contribution in [3.05, 3.63) is 44.5 Å². The maximum absolute atomic E-state index is 8.70. The van der Waals surface area contributed by atoms with Crippen LogP contribution in [0.4, 0.5) is 0 Å². The summed E-state index contributed by atoms with van der Waals surface area (Å²) in [5.74, 6) is 6.11. The van der Waals surface area contributed by atoms with E-state index < -0.39 is 0 Å². The SMILES string of the molecule is COc1ccc(C#Cc2ccc(C=C(C#N)C#N)s2)s1. The molecular weight excluding hydrogens is 288 g/mol. The Kier molecular flexibility index (Phi) is 4.58. The van der Waals surface area contributed by atoms with Gasteiger partial charge < -0.3 is 4.74 Å². The van der Waals surface area contributed by atoms with E-state index in [2.05, 4.69) is 11.8 Å². The molecule has 3 nitrogen and oxygen atoms in total. The molecule has 0 atom stereocenters. The third-order valence-electron chi connectivity index (χ3n) is 2.25. The number of rotatable bonds is 2. The predicted molar refractivity (Wildman–Crippen MR) is 80.4 cm³/mol. The van der Waals surface area contributed by atoms with Crippen LogP contribution in [0.25, 0.3) is 6.08 Å². The zero-order valence-electron chi connectivity index (χ0n) is 10.5. The third kappa shape index (κ3) is 3.49. The van der Waals surface area contributed by atoms with Crippen molar-refractivity contribution in [2.75, 3.05) is 7.11 Å². The van der Waals surface area contributed by atoms with Crippen LogP contribution in [0.15, 0.2) is 29.8 Å². The molecule has 0 aromatic carbocycles. The van der Waals surface area contributed by atoms with Crippen molar-refractivity contribution in [1.29, 1.82) is 10.5 Å². The molecule has 0 unspecified atom stereocenters. The molecule has 0 N–H and O–H groups in total. The molecule has 0 amide bonds. The van der Waals surface area contributed by atoms with E-state index in [-0.39, 0.29) is 5.57 Å². The zero-order valence-corrected chi connectivity index (χ0v) is 12.1. The Balaban J connectivity index is 2.17. The maximum atomic E-state index is 8.70. The summed E-state index contributed by atoms with van der Waals surface area (Å²) in [5.41, 5.74) is 0.0920. The highest BCUT2D eigenvalue weighted by Crippen LogP contribution is 2.23. The first-order valence-corrected chi connectivity index (χ1v) is 7.16. The molecule has 0 saturated carbocycles. The van der Waals surface area contributed by atoms with E-state index in [1.165, 1.54) is 22.7 Å². The fourth-order valence-electron chi connectivity index (χ4n) is 1.35. The number of ether oxygens (including phenoxy) is 1. The number of methoxy groups -OCH3 is 1. The van der Waals surface area contributed by atoms with Crippen molar-refractivity contribution in [2.45, 2.75) is 0 Å². The Hall–Kier alpha value is -2.52. The third-order valence-corrected chi connectivity index (χ3v) is 4.16. The summed E-state index contributed by atoms with van der Waals surface area (Å²) < 4.78 is 5.10. The van der Waals surface area contributed by atoms with Crippen LogP contribution in [0.3, 0.4) is 0 Å². The maximum Gasteiger partial charge on any atom is 0.174 e. The lowest BCUT2D eigenvalue weighted by Gasteiger charge is -1.87. The molecular formula is C15H8N2OS2. The van der Waals surface area contributed by atoms with Gasteiger partial charge in [-0.1, -0.05) is 11.3 Å². The second-order valence-electron chi connectivity index (χ2n) is 3.56. The number of thiophene rings is 2. The summed E-state index contributed by atoms with van der Waals surface area (Å²) in [6.45, 7) is 0. The minimum atomic E-state index is 0.0920. The van der Waals surface area contributed by atoms with Crippen LogP contribution in [0.2, 0.25) is 0 Å². The molecule has 0 aliphatic heterocycles. The van der Waals surface area contributed by atoms with Crippen molar-refractivity contribution >= 4 is 28.7 Å². The first-order chi connectivity index (χ1) is 9.75.